The van der Waals surface area contributed by atoms with Crippen LogP contribution in [0.2, 0.25) is 0 Å². The molecule has 0 bridgehead atoms. The molecule has 3 nitrogen and oxygen atoms in total. The Kier molecular flexibility index (Phi) is 3.33. The molecular formula is C13H23N3. The lowest BCUT2D eigenvalue weighted by molar-refractivity contribution is 0.156. The second kappa shape index (κ2) is 4.58. The van der Waals surface area contributed by atoms with E-state index in [1.807, 2.05) is 4.68 Å². The summed E-state index contributed by atoms with van der Waals surface area (Å²) in [4.78, 5) is 0. The van der Waals surface area contributed by atoms with E-state index in [9.17, 15) is 0 Å². The Balaban J connectivity index is 1.76. The molecule has 1 aromatic rings. The maximum atomic E-state index is 4.53. The summed E-state index contributed by atoms with van der Waals surface area (Å²) in [6.45, 7) is 8.70. The van der Waals surface area contributed by atoms with Crippen molar-refractivity contribution in [1.29, 1.82) is 0 Å². The van der Waals surface area contributed by atoms with Crippen LogP contribution in [0.3, 0.4) is 0 Å². The molecule has 0 aliphatic heterocycles. The fourth-order valence-corrected chi connectivity index (χ4v) is 2.21. The Morgan fingerprint density at radius 1 is 1.50 bits per heavy atom. The quantitative estimate of drug-likeness (QED) is 0.828. The standard InChI is InChI=1S/C13H23N3/c1-11(2)16-8-5-12(15-16)9-14-10-13(3)6-4-7-13/h5,8,11,14H,4,6-7,9-10H2,1-3H3. The highest BCUT2D eigenvalue weighted by molar-refractivity contribution is 4.99. The fourth-order valence-electron chi connectivity index (χ4n) is 2.21. The molecule has 0 amide bonds. The molecule has 0 spiro atoms. The van der Waals surface area contributed by atoms with Gasteiger partial charge < -0.3 is 5.32 Å². The van der Waals surface area contributed by atoms with Gasteiger partial charge in [0.1, 0.15) is 0 Å². The van der Waals surface area contributed by atoms with Crippen molar-refractivity contribution in [3.05, 3.63) is 18.0 Å². The van der Waals surface area contributed by atoms with Gasteiger partial charge >= 0.3 is 0 Å². The summed E-state index contributed by atoms with van der Waals surface area (Å²) in [5.41, 5.74) is 1.71. The number of rotatable bonds is 5. The Morgan fingerprint density at radius 2 is 2.25 bits per heavy atom. The molecule has 2 rings (SSSR count). The van der Waals surface area contributed by atoms with Crippen molar-refractivity contribution in [2.45, 2.75) is 52.6 Å². The van der Waals surface area contributed by atoms with E-state index < -0.39 is 0 Å². The molecule has 1 saturated carbocycles. The van der Waals surface area contributed by atoms with Crippen molar-refractivity contribution in [3.63, 3.8) is 0 Å². The SMILES string of the molecule is CC(C)n1ccc(CNCC2(C)CCC2)n1. The van der Waals surface area contributed by atoms with E-state index >= 15 is 0 Å². The molecule has 1 aromatic heterocycles. The van der Waals surface area contributed by atoms with Crippen LogP contribution >= 0.6 is 0 Å². The Labute approximate surface area is 98.2 Å². The second-order valence-corrected chi connectivity index (χ2v) is 5.65. The largest absolute Gasteiger partial charge is 0.311 e. The van der Waals surface area contributed by atoms with Gasteiger partial charge in [0.05, 0.1) is 5.69 Å². The molecule has 0 atom stereocenters. The second-order valence-electron chi connectivity index (χ2n) is 5.65. The molecule has 1 N–H and O–H groups in total. The molecule has 0 aromatic carbocycles. The van der Waals surface area contributed by atoms with Crippen molar-refractivity contribution in [1.82, 2.24) is 15.1 Å². The highest BCUT2D eigenvalue weighted by Crippen LogP contribution is 2.39. The minimum absolute atomic E-state index is 0.456. The minimum atomic E-state index is 0.456. The maximum absolute atomic E-state index is 4.53. The van der Waals surface area contributed by atoms with Gasteiger partial charge in [-0.2, -0.15) is 5.10 Å². The van der Waals surface area contributed by atoms with E-state index in [-0.39, 0.29) is 0 Å². The lowest BCUT2D eigenvalue weighted by Crippen LogP contribution is -2.37. The summed E-state index contributed by atoms with van der Waals surface area (Å²) in [5.74, 6) is 0. The van der Waals surface area contributed by atoms with Crippen molar-refractivity contribution in [2.75, 3.05) is 6.54 Å². The topological polar surface area (TPSA) is 29.9 Å². The van der Waals surface area contributed by atoms with E-state index in [0.29, 0.717) is 11.5 Å². The highest BCUT2D eigenvalue weighted by Gasteiger charge is 2.30. The number of nitrogens with one attached hydrogen (secondary N) is 1. The monoisotopic (exact) mass is 221 g/mol. The zero-order valence-electron chi connectivity index (χ0n) is 10.7. The predicted octanol–water partition coefficient (Wildman–Crippen LogP) is 2.74. The number of nitrogens with zero attached hydrogens (tertiary/aromatic N) is 2. The molecule has 90 valence electrons. The van der Waals surface area contributed by atoms with Gasteiger partial charge in [0.15, 0.2) is 0 Å². The van der Waals surface area contributed by atoms with Crippen LogP contribution in [0.5, 0.6) is 0 Å². The average Bonchev–Trinajstić information content (AvgIpc) is 2.64. The zero-order chi connectivity index (χ0) is 11.6. The number of aromatic nitrogens is 2. The normalized spacial score (nSPS) is 18.8. The van der Waals surface area contributed by atoms with Gasteiger partial charge in [-0.1, -0.05) is 13.3 Å². The maximum Gasteiger partial charge on any atom is 0.0762 e. The fraction of sp³-hybridized carbons (Fsp3) is 0.769. The molecule has 0 saturated heterocycles. The van der Waals surface area contributed by atoms with Crippen LogP contribution in [-0.2, 0) is 6.54 Å². The van der Waals surface area contributed by atoms with E-state index in [1.165, 1.54) is 19.3 Å². The number of hydrogen-bond acceptors (Lipinski definition) is 2. The summed E-state index contributed by atoms with van der Waals surface area (Å²) in [6.07, 6.45) is 6.22. The van der Waals surface area contributed by atoms with Crippen LogP contribution in [0, 0.1) is 5.41 Å². The summed E-state index contributed by atoms with van der Waals surface area (Å²) < 4.78 is 2.02. The van der Waals surface area contributed by atoms with Crippen LogP contribution in [0.15, 0.2) is 12.3 Å². The van der Waals surface area contributed by atoms with Gasteiger partial charge in [-0.25, -0.2) is 0 Å². The first-order chi connectivity index (χ1) is 7.59. The third-order valence-electron chi connectivity index (χ3n) is 3.61. The Hall–Kier alpha value is -0.830. The minimum Gasteiger partial charge on any atom is -0.311 e. The first-order valence-electron chi connectivity index (χ1n) is 6.34. The van der Waals surface area contributed by atoms with Crippen LogP contribution in [0.4, 0.5) is 0 Å². The van der Waals surface area contributed by atoms with E-state index in [4.69, 9.17) is 0 Å². The van der Waals surface area contributed by atoms with Gasteiger partial charge in [-0.3, -0.25) is 4.68 Å². The lowest BCUT2D eigenvalue weighted by atomic mass is 9.70. The smallest absolute Gasteiger partial charge is 0.0762 e. The summed E-state index contributed by atoms with van der Waals surface area (Å²) >= 11 is 0. The Bertz CT molecular complexity index is 337. The van der Waals surface area contributed by atoms with Crippen LogP contribution < -0.4 is 5.32 Å². The lowest BCUT2D eigenvalue weighted by Gasteiger charge is -2.38. The van der Waals surface area contributed by atoms with Crippen LogP contribution in [0.25, 0.3) is 0 Å². The van der Waals surface area contributed by atoms with Gasteiger partial charge in [-0.15, -0.1) is 0 Å². The van der Waals surface area contributed by atoms with Gasteiger partial charge in [0.25, 0.3) is 0 Å². The third kappa shape index (κ3) is 2.64. The summed E-state index contributed by atoms with van der Waals surface area (Å²) in [5, 5.41) is 8.05. The van der Waals surface area contributed by atoms with E-state index in [0.717, 1.165) is 18.8 Å². The summed E-state index contributed by atoms with van der Waals surface area (Å²) in [6, 6.07) is 2.56. The molecule has 0 unspecified atom stereocenters. The van der Waals surface area contributed by atoms with Crippen molar-refractivity contribution < 1.29 is 0 Å². The molecule has 1 aliphatic carbocycles. The number of hydrogen-bond donors (Lipinski definition) is 1. The highest BCUT2D eigenvalue weighted by atomic mass is 15.3. The van der Waals surface area contributed by atoms with E-state index in [1.54, 1.807) is 0 Å². The van der Waals surface area contributed by atoms with Crippen molar-refractivity contribution in [2.24, 2.45) is 5.41 Å². The molecular weight excluding hydrogens is 198 g/mol. The van der Waals surface area contributed by atoms with Crippen molar-refractivity contribution in [3.8, 4) is 0 Å². The molecule has 1 heterocycles. The van der Waals surface area contributed by atoms with E-state index in [2.05, 4.69) is 43.4 Å². The van der Waals surface area contributed by atoms with Crippen molar-refractivity contribution >= 4 is 0 Å². The average molecular weight is 221 g/mol. The molecule has 0 radical (unpaired) electrons. The van der Waals surface area contributed by atoms with Gasteiger partial charge in [-0.05, 0) is 38.2 Å². The third-order valence-corrected chi connectivity index (χ3v) is 3.61. The predicted molar refractivity (Wildman–Crippen MR) is 66.3 cm³/mol. The summed E-state index contributed by atoms with van der Waals surface area (Å²) in [7, 11) is 0. The van der Waals surface area contributed by atoms with Crippen LogP contribution in [-0.4, -0.2) is 16.3 Å². The van der Waals surface area contributed by atoms with Gasteiger partial charge in [0, 0.05) is 25.3 Å². The first kappa shape index (κ1) is 11.6. The molecule has 3 heteroatoms. The Morgan fingerprint density at radius 3 is 2.75 bits per heavy atom. The first-order valence-corrected chi connectivity index (χ1v) is 6.34. The molecule has 1 aliphatic rings. The molecule has 1 fully saturated rings. The van der Waals surface area contributed by atoms with Crippen LogP contribution in [0.1, 0.15) is 51.8 Å². The molecule has 16 heavy (non-hydrogen) atoms. The zero-order valence-corrected chi connectivity index (χ0v) is 10.7. The van der Waals surface area contributed by atoms with Gasteiger partial charge in [0.2, 0.25) is 0 Å².